The highest BCUT2D eigenvalue weighted by Crippen LogP contribution is 2.23. The summed E-state index contributed by atoms with van der Waals surface area (Å²) in [6.07, 6.45) is -0.0975. The lowest BCUT2D eigenvalue weighted by Gasteiger charge is -2.10. The van der Waals surface area contributed by atoms with Crippen LogP contribution >= 0.6 is 11.6 Å². The molecule has 0 aliphatic heterocycles. The molecule has 0 unspecified atom stereocenters. The zero-order valence-electron chi connectivity index (χ0n) is 9.81. The highest BCUT2D eigenvalue weighted by atomic mass is 35.5. The number of benzene rings is 1. The topological polar surface area (TPSA) is 83.5 Å². The van der Waals surface area contributed by atoms with Gasteiger partial charge in [-0.1, -0.05) is 17.7 Å². The lowest BCUT2D eigenvalue weighted by Crippen LogP contribution is -2.18. The first-order valence-corrected chi connectivity index (χ1v) is 7.32. The molecule has 2 N–H and O–H groups in total. The lowest BCUT2D eigenvalue weighted by atomic mass is 10.2. The van der Waals surface area contributed by atoms with E-state index in [0.29, 0.717) is 16.3 Å². The number of carbonyl (C=O) groups is 1. The van der Waals surface area contributed by atoms with Crippen LogP contribution < -0.4 is 4.72 Å². The monoisotopic (exact) mass is 291 g/mol. The van der Waals surface area contributed by atoms with Gasteiger partial charge in [-0.2, -0.15) is 0 Å². The van der Waals surface area contributed by atoms with Crippen molar-refractivity contribution in [1.82, 2.24) is 0 Å². The van der Waals surface area contributed by atoms with Crippen molar-refractivity contribution in [1.29, 1.82) is 0 Å². The summed E-state index contributed by atoms with van der Waals surface area (Å²) in [5.74, 6) is -1.24. The van der Waals surface area contributed by atoms with E-state index in [1.165, 1.54) is 0 Å². The minimum atomic E-state index is -3.54. The van der Waals surface area contributed by atoms with Crippen molar-refractivity contribution < 1.29 is 18.3 Å². The van der Waals surface area contributed by atoms with Crippen molar-refractivity contribution in [3.05, 3.63) is 28.8 Å². The molecule has 0 heterocycles. The summed E-state index contributed by atoms with van der Waals surface area (Å²) in [6.45, 7) is 1.71. The highest BCUT2D eigenvalue weighted by molar-refractivity contribution is 7.92. The molecule has 0 atom stereocenters. The molecule has 0 saturated carbocycles. The quantitative estimate of drug-likeness (QED) is 0.842. The molecule has 0 fully saturated rings. The minimum Gasteiger partial charge on any atom is -0.481 e. The Morgan fingerprint density at radius 2 is 2.11 bits per heavy atom. The molecule has 0 saturated heterocycles. The van der Waals surface area contributed by atoms with Crippen LogP contribution in [0, 0.1) is 6.92 Å². The first kappa shape index (κ1) is 14.8. The van der Waals surface area contributed by atoms with Gasteiger partial charge in [0.25, 0.3) is 0 Å². The van der Waals surface area contributed by atoms with E-state index in [-0.39, 0.29) is 18.6 Å². The second-order valence-corrected chi connectivity index (χ2v) is 6.08. The number of halogens is 1. The Morgan fingerprint density at radius 3 is 2.72 bits per heavy atom. The number of hydrogen-bond acceptors (Lipinski definition) is 3. The van der Waals surface area contributed by atoms with Crippen LogP contribution in [0.25, 0.3) is 0 Å². The maximum Gasteiger partial charge on any atom is 0.303 e. The molecule has 0 bridgehead atoms. The molecular weight excluding hydrogens is 278 g/mol. The maximum atomic E-state index is 11.7. The lowest BCUT2D eigenvalue weighted by molar-refractivity contribution is -0.137. The SMILES string of the molecule is Cc1c(Cl)cccc1NS(=O)(=O)CCCC(=O)O. The first-order chi connectivity index (χ1) is 8.32. The van der Waals surface area contributed by atoms with Crippen LogP contribution in [-0.2, 0) is 14.8 Å². The molecule has 1 aromatic rings. The van der Waals surface area contributed by atoms with E-state index >= 15 is 0 Å². The predicted molar refractivity (Wildman–Crippen MR) is 70.5 cm³/mol. The van der Waals surface area contributed by atoms with Crippen LogP contribution in [0.4, 0.5) is 5.69 Å². The third-order valence-corrected chi connectivity index (χ3v) is 4.10. The summed E-state index contributed by atoms with van der Waals surface area (Å²) in [4.78, 5) is 10.3. The number of sulfonamides is 1. The van der Waals surface area contributed by atoms with Crippen LogP contribution in [0.5, 0.6) is 0 Å². The molecule has 1 rings (SSSR count). The average molecular weight is 292 g/mol. The van der Waals surface area contributed by atoms with Crippen molar-refractivity contribution in [3.63, 3.8) is 0 Å². The van der Waals surface area contributed by atoms with Gasteiger partial charge >= 0.3 is 5.97 Å². The van der Waals surface area contributed by atoms with Gasteiger partial charge in [0.1, 0.15) is 0 Å². The number of aliphatic carboxylic acids is 1. The molecule has 0 aliphatic carbocycles. The number of nitrogens with one attached hydrogen (secondary N) is 1. The summed E-state index contributed by atoms with van der Waals surface area (Å²) in [7, 11) is -3.54. The average Bonchev–Trinajstić information content (AvgIpc) is 2.23. The molecule has 5 nitrogen and oxygen atoms in total. The molecule has 0 spiro atoms. The van der Waals surface area contributed by atoms with Gasteiger partial charge in [-0.05, 0) is 31.0 Å². The smallest absolute Gasteiger partial charge is 0.303 e. The molecule has 18 heavy (non-hydrogen) atoms. The van der Waals surface area contributed by atoms with Crippen LogP contribution in [0.15, 0.2) is 18.2 Å². The summed E-state index contributed by atoms with van der Waals surface area (Å²) >= 11 is 5.88. The van der Waals surface area contributed by atoms with Crippen LogP contribution in [0.3, 0.4) is 0 Å². The van der Waals surface area contributed by atoms with Gasteiger partial charge in [0.2, 0.25) is 10.0 Å². The molecule has 0 amide bonds. The van der Waals surface area contributed by atoms with E-state index in [2.05, 4.69) is 4.72 Å². The van der Waals surface area contributed by atoms with E-state index in [1.54, 1.807) is 25.1 Å². The Morgan fingerprint density at radius 1 is 1.44 bits per heavy atom. The van der Waals surface area contributed by atoms with Crippen molar-refractivity contribution in [3.8, 4) is 0 Å². The first-order valence-electron chi connectivity index (χ1n) is 5.29. The molecule has 0 aromatic heterocycles. The third kappa shape index (κ3) is 4.54. The van der Waals surface area contributed by atoms with Crippen molar-refractivity contribution in [2.45, 2.75) is 19.8 Å². The predicted octanol–water partition coefficient (Wildman–Crippen LogP) is 2.25. The Balaban J connectivity index is 2.71. The largest absolute Gasteiger partial charge is 0.481 e. The summed E-state index contributed by atoms with van der Waals surface area (Å²) in [6, 6.07) is 4.92. The third-order valence-electron chi connectivity index (χ3n) is 2.34. The molecule has 100 valence electrons. The number of carboxylic acid groups (broad SMARTS) is 1. The van der Waals surface area contributed by atoms with Crippen molar-refractivity contribution in [2.24, 2.45) is 0 Å². The second kappa shape index (κ2) is 6.06. The Kier molecular flexibility index (Phi) is 4.98. The Bertz CT molecular complexity index is 542. The molecule has 1 aromatic carbocycles. The standard InChI is InChI=1S/C11H14ClNO4S/c1-8-9(12)4-2-5-10(8)13-18(16,17)7-3-6-11(14)15/h2,4-5,13H,3,6-7H2,1H3,(H,14,15). The van der Waals surface area contributed by atoms with E-state index in [9.17, 15) is 13.2 Å². The fourth-order valence-electron chi connectivity index (χ4n) is 1.35. The molecular formula is C11H14ClNO4S. The maximum absolute atomic E-state index is 11.7. The number of anilines is 1. The number of rotatable bonds is 6. The van der Waals surface area contributed by atoms with Gasteiger partial charge in [-0.3, -0.25) is 9.52 Å². The summed E-state index contributed by atoms with van der Waals surface area (Å²) in [5.41, 5.74) is 1.05. The Hall–Kier alpha value is -1.27. The highest BCUT2D eigenvalue weighted by Gasteiger charge is 2.13. The Labute approximate surface area is 111 Å². The molecule has 0 radical (unpaired) electrons. The van der Waals surface area contributed by atoms with Crippen LogP contribution in [0.1, 0.15) is 18.4 Å². The van der Waals surface area contributed by atoms with Crippen molar-refractivity contribution >= 4 is 33.3 Å². The van der Waals surface area contributed by atoms with Gasteiger partial charge in [-0.15, -0.1) is 0 Å². The van der Waals surface area contributed by atoms with Crippen LogP contribution in [0.2, 0.25) is 5.02 Å². The van der Waals surface area contributed by atoms with Crippen LogP contribution in [-0.4, -0.2) is 25.2 Å². The summed E-state index contributed by atoms with van der Waals surface area (Å²) < 4.78 is 25.8. The summed E-state index contributed by atoms with van der Waals surface area (Å²) in [5, 5.41) is 8.92. The molecule has 0 aliphatic rings. The number of hydrogen-bond donors (Lipinski definition) is 2. The van der Waals surface area contributed by atoms with E-state index in [1.807, 2.05) is 0 Å². The van der Waals surface area contributed by atoms with Gasteiger partial charge in [-0.25, -0.2) is 8.42 Å². The normalized spacial score (nSPS) is 11.2. The zero-order valence-corrected chi connectivity index (χ0v) is 11.4. The fourth-order valence-corrected chi connectivity index (χ4v) is 2.71. The fraction of sp³-hybridized carbons (Fsp3) is 0.364. The van der Waals surface area contributed by atoms with Crippen molar-refractivity contribution in [2.75, 3.05) is 10.5 Å². The van der Waals surface area contributed by atoms with E-state index < -0.39 is 16.0 Å². The van der Waals surface area contributed by atoms with Gasteiger partial charge in [0.05, 0.1) is 11.4 Å². The minimum absolute atomic E-state index is 0.0737. The molecule has 7 heteroatoms. The van der Waals surface area contributed by atoms with Gasteiger partial charge < -0.3 is 5.11 Å². The second-order valence-electron chi connectivity index (χ2n) is 3.83. The zero-order chi connectivity index (χ0) is 13.8. The van der Waals surface area contributed by atoms with Gasteiger partial charge in [0, 0.05) is 11.4 Å². The van der Waals surface area contributed by atoms with E-state index in [4.69, 9.17) is 16.7 Å². The number of carboxylic acids is 1. The van der Waals surface area contributed by atoms with E-state index in [0.717, 1.165) is 0 Å². The van der Waals surface area contributed by atoms with Gasteiger partial charge in [0.15, 0.2) is 0 Å².